The highest BCUT2D eigenvalue weighted by Crippen LogP contribution is 2.61. The number of nitrogens with one attached hydrogen (secondary N) is 10. The molecule has 4 saturated heterocycles. The van der Waals surface area contributed by atoms with Crippen LogP contribution in [-0.4, -0.2) is 161 Å². The van der Waals surface area contributed by atoms with Crippen LogP contribution in [0.3, 0.4) is 0 Å². The van der Waals surface area contributed by atoms with Gasteiger partial charge in [-0.3, -0.25) is 28.8 Å². The van der Waals surface area contributed by atoms with Crippen molar-refractivity contribution in [3.63, 3.8) is 0 Å². The Morgan fingerprint density at radius 3 is 1.16 bits per heavy atom. The van der Waals surface area contributed by atoms with Crippen LogP contribution in [0.25, 0.3) is 0 Å². The molecule has 20 nitrogen and oxygen atoms in total. The molecule has 0 radical (unpaired) electrons. The number of aliphatic hydroxyl groups excluding tert-OH is 3. The average molecular weight is 1760 g/mol. The van der Waals surface area contributed by atoms with Gasteiger partial charge in [0, 0.05) is 106 Å². The fourth-order valence-electron chi connectivity index (χ4n) is 19.6. The Hall–Kier alpha value is -6.65. The van der Waals surface area contributed by atoms with Crippen LogP contribution in [0.1, 0.15) is 198 Å². The van der Waals surface area contributed by atoms with Crippen molar-refractivity contribution < 1.29 is 57.3 Å². The first-order valence-corrected chi connectivity index (χ1v) is 43.4. The van der Waals surface area contributed by atoms with Crippen LogP contribution in [0.4, 0.5) is 30.2 Å². The molecule has 3 spiro atoms. The predicted octanol–water partition coefficient (Wildman–Crippen LogP) is 14.9. The van der Waals surface area contributed by atoms with Gasteiger partial charge in [-0.15, -0.1) is 0 Å². The van der Waals surface area contributed by atoms with Crippen molar-refractivity contribution >= 4 is 122 Å². The number of benzene rings is 6. The second-order valence-corrected chi connectivity index (χ2v) is 40.7. The molecule has 13 N–H and O–H groups in total. The maximum Gasteiger partial charge on any atom is 0.238 e. The van der Waals surface area contributed by atoms with Crippen molar-refractivity contribution in [1.29, 1.82) is 0 Å². The molecule has 6 aromatic rings. The second-order valence-electron chi connectivity index (χ2n) is 38.2. The molecule has 0 bridgehead atoms. The van der Waals surface area contributed by atoms with E-state index in [1.54, 1.807) is 54.6 Å². The summed E-state index contributed by atoms with van der Waals surface area (Å²) in [5, 5.41) is 63.8. The highest BCUT2D eigenvalue weighted by atomic mass is 35.5. The van der Waals surface area contributed by atoms with E-state index in [-0.39, 0.29) is 91.4 Å². The van der Waals surface area contributed by atoms with E-state index in [1.807, 2.05) is 39.0 Å². The zero-order valence-electron chi connectivity index (χ0n) is 69.4. The van der Waals surface area contributed by atoms with E-state index in [0.717, 1.165) is 25.9 Å². The highest BCUT2D eigenvalue weighted by Gasteiger charge is 2.69. The van der Waals surface area contributed by atoms with Crippen LogP contribution in [-0.2, 0) is 45.0 Å². The SMILES string of the molecule is CC(C)(C)C[C@H]1N[C@@H](C(=O)NCC[C@H](O)CN2CCCC2)[C@H](c2cccc(Cl)c2)[C@@]12C(=O)Nc1cc(Cl)c(F)cc12.CC(C)(C)C[C@H]1N[C@@H](C(=O)NCC[C@H](O)CNC(C)(C)C)[C@H](c2cccc(Cl)c2)[C@@]12C(=O)Nc1cc(Cl)c(F)cc12.CC(C)(C)C[C@H]1N[C@@H](C(=O)N[C@H]2CC[C@@H](O)C2)[C@H](c2cccc(Cl)c2)[C@@]12C(=O)Nc1cc(Cl)c(F)cc12. The number of hydrogen-bond donors (Lipinski definition) is 13. The van der Waals surface area contributed by atoms with Gasteiger partial charge < -0.3 is 73.4 Å². The van der Waals surface area contributed by atoms with Gasteiger partial charge in [-0.1, -0.05) is 168 Å². The van der Waals surface area contributed by atoms with E-state index >= 15 is 8.78 Å². The highest BCUT2D eigenvalue weighted by molar-refractivity contribution is 6.33. The van der Waals surface area contributed by atoms with E-state index in [9.17, 15) is 48.5 Å². The quantitative estimate of drug-likeness (QED) is 0.0339. The molecule has 1 saturated carbocycles. The maximum atomic E-state index is 15.0. The van der Waals surface area contributed by atoms with Crippen molar-refractivity contribution in [2.75, 3.05) is 55.2 Å². The van der Waals surface area contributed by atoms with E-state index in [4.69, 9.17) is 69.6 Å². The van der Waals surface area contributed by atoms with Gasteiger partial charge in [0.15, 0.2) is 0 Å². The number of carbonyl (C=O) groups excluding carboxylic acids is 6. The van der Waals surface area contributed by atoms with Crippen LogP contribution in [0.15, 0.2) is 109 Å². The molecule has 6 aromatic carbocycles. The molecule has 0 aromatic heterocycles. The monoisotopic (exact) mass is 1760 g/mol. The standard InChI is InChI=1S/C31H39Cl2FN4O3.C31H41Cl2FN4O3.C28H32Cl2FN3O3/c1-30(2,3)16-25-31(21-14-23(34)22(33)15-24(21)36-29(31)41)26(18-7-6-8-19(32)13-18)27(37-25)28(40)35-10-9-20(39)17-38-11-4-5-12-38;1-29(2,3)15-24-31(20-13-22(34)21(33)14-23(20)37-28(31)41)25(17-8-7-9-18(32)12-17)26(38-24)27(40)35-11-10-19(39)16-36-30(4,5)6;1-27(2,3)13-22-28(18-11-20(31)19(30)12-21(18)33-26(28)37)23(14-5-4-6-15(29)9-14)24(34-22)25(36)32-16-7-8-17(35)10-16/h6-8,13-15,20,25-27,37,39H,4-5,9-12,16-17H2,1-3H3,(H,35,40)(H,36,41);7-9,12-14,19,24-26,36,38-39H,10-11,15-16H2,1-6H3,(H,35,40)(H,37,41);4-6,9,11-12,16-17,22-24,34-35H,7-8,10,13H2,1-3H3,(H,32,36)(H,33,37)/t20-,25+,26-,27+,31-;19-,24+,25-,26+,31-;16-,17+,22+,23-,24+,28-/m000/s1. The lowest BCUT2D eigenvalue weighted by Crippen LogP contribution is -2.49. The molecule has 7 aliphatic heterocycles. The number of fused-ring (bicyclic) bond motifs is 6. The molecule has 119 heavy (non-hydrogen) atoms. The molecule has 8 aliphatic rings. The van der Waals surface area contributed by atoms with Crippen molar-refractivity contribution in [2.45, 2.75) is 247 Å². The number of anilines is 3. The van der Waals surface area contributed by atoms with Crippen LogP contribution in [0.2, 0.25) is 30.1 Å². The molecule has 5 fully saturated rings. The minimum atomic E-state index is -1.31. The number of likely N-dealkylation sites (tertiary alicyclic amines) is 1. The van der Waals surface area contributed by atoms with E-state index < -0.39 is 106 Å². The first kappa shape index (κ1) is 91.6. The van der Waals surface area contributed by atoms with Gasteiger partial charge >= 0.3 is 0 Å². The Morgan fingerprint density at radius 1 is 0.496 bits per heavy atom. The molecule has 14 rings (SSSR count). The number of nitrogens with zero attached hydrogens (tertiary/aromatic N) is 1. The fraction of sp³-hybridized carbons (Fsp3) is 0.533. The molecule has 1 aliphatic carbocycles. The van der Waals surface area contributed by atoms with E-state index in [0.29, 0.717) is 130 Å². The minimum absolute atomic E-state index is 0.0807. The molecule has 6 amide bonds. The summed E-state index contributed by atoms with van der Waals surface area (Å²) in [7, 11) is 0. The summed E-state index contributed by atoms with van der Waals surface area (Å²) in [5.74, 6) is -5.72. The number of amides is 6. The summed E-state index contributed by atoms with van der Waals surface area (Å²) in [6.45, 7) is 28.2. The molecule has 16 atom stereocenters. The number of carbonyl (C=O) groups is 6. The van der Waals surface area contributed by atoms with Gasteiger partial charge in [0.25, 0.3) is 0 Å². The third-order valence-corrected chi connectivity index (χ3v) is 26.0. The Bertz CT molecular complexity index is 4810. The third-order valence-electron chi connectivity index (χ3n) is 24.4. The summed E-state index contributed by atoms with van der Waals surface area (Å²) in [6.07, 6.45) is 4.86. The van der Waals surface area contributed by atoms with Crippen molar-refractivity contribution in [3.05, 3.63) is 190 Å². The summed E-state index contributed by atoms with van der Waals surface area (Å²) >= 11 is 37.6. The molecule has 7 heterocycles. The van der Waals surface area contributed by atoms with Gasteiger partial charge in [0.1, 0.15) is 33.7 Å². The number of aliphatic hydroxyl groups is 3. The summed E-state index contributed by atoms with van der Waals surface area (Å²) < 4.78 is 45.0. The third kappa shape index (κ3) is 19.6. The minimum Gasteiger partial charge on any atom is -0.393 e. The Morgan fingerprint density at radius 2 is 0.840 bits per heavy atom. The van der Waals surface area contributed by atoms with E-state index in [1.165, 1.54) is 36.4 Å². The van der Waals surface area contributed by atoms with Crippen molar-refractivity contribution in [3.8, 4) is 0 Å². The van der Waals surface area contributed by atoms with Gasteiger partial charge in [0.2, 0.25) is 35.4 Å². The van der Waals surface area contributed by atoms with Crippen molar-refractivity contribution in [2.24, 2.45) is 16.2 Å². The number of β-amino-alcohol motifs (C(OH)–C–C–N with tert-alkyl or cyclic N) is 2. The van der Waals surface area contributed by atoms with Crippen molar-refractivity contribution in [1.82, 2.24) is 42.1 Å². The van der Waals surface area contributed by atoms with Gasteiger partial charge in [-0.25, -0.2) is 13.2 Å². The van der Waals surface area contributed by atoms with Crippen LogP contribution >= 0.6 is 69.6 Å². The van der Waals surface area contributed by atoms with Crippen LogP contribution in [0.5, 0.6) is 0 Å². The lowest BCUT2D eigenvalue weighted by Gasteiger charge is -2.37. The summed E-state index contributed by atoms with van der Waals surface area (Å²) in [6, 6.07) is 25.7. The summed E-state index contributed by atoms with van der Waals surface area (Å²) in [5.41, 5.74) is 0.177. The van der Waals surface area contributed by atoms with Gasteiger partial charge in [-0.05, 0) is 220 Å². The second kappa shape index (κ2) is 36.3. The zero-order chi connectivity index (χ0) is 86.6. The fourth-order valence-corrected chi connectivity index (χ4v) is 20.7. The largest absolute Gasteiger partial charge is 0.393 e. The maximum absolute atomic E-state index is 15.0. The topological polar surface area (TPSA) is 287 Å². The Labute approximate surface area is 725 Å². The van der Waals surface area contributed by atoms with E-state index in [2.05, 4.69) is 120 Å². The van der Waals surface area contributed by atoms with Crippen LogP contribution < -0.4 is 53.2 Å². The summed E-state index contributed by atoms with van der Waals surface area (Å²) in [4.78, 5) is 86.3. The van der Waals surface area contributed by atoms with Gasteiger partial charge in [-0.2, -0.15) is 0 Å². The smallest absolute Gasteiger partial charge is 0.238 e. The Balaban J connectivity index is 0.000000164. The first-order chi connectivity index (χ1) is 55.8. The average Bonchev–Trinajstić information content (AvgIpc) is 1.54. The number of rotatable bonds is 20. The Kier molecular flexibility index (Phi) is 27.9. The molecular weight excluding hydrogens is 1650 g/mol. The molecule has 29 heteroatoms. The lowest BCUT2D eigenvalue weighted by molar-refractivity contribution is -0.125. The predicted molar refractivity (Wildman–Crippen MR) is 465 cm³/mol. The van der Waals surface area contributed by atoms with Crippen LogP contribution in [0, 0.1) is 33.7 Å². The lowest BCUT2D eigenvalue weighted by atomic mass is 9.62. The first-order valence-electron chi connectivity index (χ1n) is 41.2. The molecule has 0 unspecified atom stereocenters. The van der Waals surface area contributed by atoms with Gasteiger partial charge in [0.05, 0.1) is 51.5 Å². The number of hydrogen-bond acceptors (Lipinski definition) is 14. The zero-order valence-corrected chi connectivity index (χ0v) is 73.9. The molecular formula is C90H112Cl6F3N11O9. The number of halogens is 9. The normalized spacial score (nSPS) is 27.4. The molecule has 644 valence electrons.